The molecule has 28 heavy (non-hydrogen) atoms. The number of benzene rings is 2. The second kappa shape index (κ2) is 7.74. The predicted molar refractivity (Wildman–Crippen MR) is 108 cm³/mol. The summed E-state index contributed by atoms with van der Waals surface area (Å²) in [6.07, 6.45) is 2.58. The van der Waals surface area contributed by atoms with E-state index in [-0.39, 0.29) is 23.9 Å². The van der Waals surface area contributed by atoms with Gasteiger partial charge in [0, 0.05) is 25.3 Å². The molecule has 3 N–H and O–H groups in total. The quantitative estimate of drug-likeness (QED) is 0.749. The normalized spacial score (nSPS) is 32.8. The number of piperidine rings is 1. The van der Waals surface area contributed by atoms with E-state index >= 15 is 0 Å². The number of hydrogen-bond acceptors (Lipinski definition) is 4. The molecule has 2 aromatic rings. The van der Waals surface area contributed by atoms with Crippen molar-refractivity contribution in [1.29, 1.82) is 0 Å². The molecule has 6 heteroatoms. The third-order valence-corrected chi connectivity index (χ3v) is 9.19. The van der Waals surface area contributed by atoms with Crippen LogP contribution in [0.4, 0.5) is 0 Å². The van der Waals surface area contributed by atoms with E-state index in [1.54, 1.807) is 0 Å². The van der Waals surface area contributed by atoms with Crippen LogP contribution in [0.3, 0.4) is 0 Å². The molecule has 4 rings (SSSR count). The van der Waals surface area contributed by atoms with Crippen LogP contribution in [-0.2, 0) is 13.6 Å². The lowest BCUT2D eigenvalue weighted by Crippen LogP contribution is -2.94. The molecule has 2 fully saturated rings. The molecule has 2 bridgehead atoms. The fourth-order valence-electron chi connectivity index (χ4n) is 5.45. The lowest BCUT2D eigenvalue weighted by molar-refractivity contribution is -0.765. The lowest BCUT2D eigenvalue weighted by atomic mass is 9.65. The fourth-order valence-corrected chi connectivity index (χ4v) is 7.57. The maximum absolute atomic E-state index is 13.7. The van der Waals surface area contributed by atoms with Crippen molar-refractivity contribution in [2.45, 2.75) is 36.7 Å². The zero-order valence-corrected chi connectivity index (χ0v) is 17.3. The minimum atomic E-state index is -3.73. The van der Waals surface area contributed by atoms with E-state index < -0.39 is 12.9 Å². The maximum atomic E-state index is 13.7. The van der Waals surface area contributed by atoms with Crippen molar-refractivity contribution in [3.8, 4) is 0 Å². The van der Waals surface area contributed by atoms with Crippen molar-refractivity contribution in [1.82, 2.24) is 0 Å². The Balaban J connectivity index is 1.88. The van der Waals surface area contributed by atoms with Crippen molar-refractivity contribution in [3.63, 3.8) is 0 Å². The van der Waals surface area contributed by atoms with Gasteiger partial charge in [0.2, 0.25) is 0 Å². The summed E-state index contributed by atoms with van der Waals surface area (Å²) in [5, 5.41) is 12.9. The van der Waals surface area contributed by atoms with Gasteiger partial charge in [0.15, 0.2) is 5.34 Å². The van der Waals surface area contributed by atoms with Crippen LogP contribution in [0.2, 0.25) is 0 Å². The molecule has 1 unspecified atom stereocenters. The molecule has 0 amide bonds. The minimum absolute atomic E-state index is 0.0217. The summed E-state index contributed by atoms with van der Waals surface area (Å²) in [7, 11) is -0.965. The molecule has 0 aromatic heterocycles. The Morgan fingerprint density at radius 1 is 0.893 bits per heavy atom. The van der Waals surface area contributed by atoms with Gasteiger partial charge in [-0.3, -0.25) is 4.57 Å². The molecule has 2 aliphatic rings. The summed E-state index contributed by atoms with van der Waals surface area (Å²) in [4.78, 5) is 0. The summed E-state index contributed by atoms with van der Waals surface area (Å²) in [5.41, 5.74) is 2.26. The molecule has 5 atom stereocenters. The summed E-state index contributed by atoms with van der Waals surface area (Å²) >= 11 is 0. The van der Waals surface area contributed by atoms with Gasteiger partial charge in [-0.2, -0.15) is 0 Å². The van der Waals surface area contributed by atoms with E-state index in [1.807, 2.05) is 36.4 Å². The molecule has 1 saturated carbocycles. The second-order valence-electron chi connectivity index (χ2n) is 7.85. The number of quaternary nitrogens is 1. The van der Waals surface area contributed by atoms with Crippen molar-refractivity contribution in [3.05, 3.63) is 71.8 Å². The highest BCUT2D eigenvalue weighted by Gasteiger charge is 2.68. The van der Waals surface area contributed by atoms with Crippen LogP contribution in [0.15, 0.2) is 60.7 Å². The van der Waals surface area contributed by atoms with Gasteiger partial charge in [0.05, 0.1) is 11.8 Å². The van der Waals surface area contributed by atoms with E-state index in [1.165, 1.54) is 14.2 Å². The van der Waals surface area contributed by atoms with Gasteiger partial charge in [0.1, 0.15) is 12.1 Å². The summed E-state index contributed by atoms with van der Waals surface area (Å²) in [6.45, 7) is 0. The van der Waals surface area contributed by atoms with Gasteiger partial charge in [-0.15, -0.1) is 0 Å². The molecule has 1 aliphatic heterocycles. The standard InChI is InChI=1S/C22H28NO4P/c1-26-28(25,27-2)22(24)18-14-9-15-19(22)21(17-12-7-4-8-13-17)23-20(18)16-10-5-3-6-11-16/h3-8,10-13,18-21,23-24H,9,14-15H2,1-2H3/p+1/t18-,19+,20-,21+,22?. The number of rotatable bonds is 5. The second-order valence-corrected chi connectivity index (χ2v) is 10.3. The molecule has 5 nitrogen and oxygen atoms in total. The number of hydrogen-bond donors (Lipinski definition) is 2. The van der Waals surface area contributed by atoms with Crippen molar-refractivity contribution in [2.24, 2.45) is 11.8 Å². The van der Waals surface area contributed by atoms with Gasteiger partial charge in [-0.05, 0) is 12.8 Å². The Labute approximate surface area is 166 Å². The Morgan fingerprint density at radius 2 is 1.32 bits per heavy atom. The Hall–Kier alpha value is -1.49. The summed E-state index contributed by atoms with van der Waals surface area (Å²) in [6, 6.07) is 20.3. The first kappa shape index (κ1) is 19.8. The average Bonchev–Trinajstić information content (AvgIpc) is 2.74. The first-order chi connectivity index (χ1) is 13.5. The predicted octanol–water partition coefficient (Wildman–Crippen LogP) is 3.64. The van der Waals surface area contributed by atoms with Gasteiger partial charge in [-0.1, -0.05) is 67.1 Å². The molecule has 1 aliphatic carbocycles. The summed E-state index contributed by atoms with van der Waals surface area (Å²) in [5.74, 6) is -0.418. The Morgan fingerprint density at radius 3 is 1.71 bits per heavy atom. The topological polar surface area (TPSA) is 72.4 Å². The first-order valence-corrected chi connectivity index (χ1v) is 11.5. The zero-order valence-electron chi connectivity index (χ0n) is 16.4. The fraction of sp³-hybridized carbons (Fsp3) is 0.455. The molecule has 1 saturated heterocycles. The molecule has 0 spiro atoms. The van der Waals surface area contributed by atoms with Crippen LogP contribution in [0, 0.1) is 11.8 Å². The molecule has 1 heterocycles. The molecule has 0 radical (unpaired) electrons. The Kier molecular flexibility index (Phi) is 5.47. The monoisotopic (exact) mass is 402 g/mol. The third kappa shape index (κ3) is 2.97. The minimum Gasteiger partial charge on any atom is -0.376 e. The van der Waals surface area contributed by atoms with Gasteiger partial charge >= 0.3 is 7.60 Å². The number of nitrogens with two attached hydrogens (primary N) is 1. The SMILES string of the molecule is COP(=O)(OC)C1(O)[C@@H]2CCC[C@H]1[C@H](c1ccccc1)[NH2+][C@@H]2c1ccccc1. The highest BCUT2D eigenvalue weighted by molar-refractivity contribution is 7.55. The van der Waals surface area contributed by atoms with Crippen LogP contribution >= 0.6 is 7.60 Å². The highest BCUT2D eigenvalue weighted by atomic mass is 31.2. The third-order valence-electron chi connectivity index (χ3n) is 6.69. The summed E-state index contributed by atoms with van der Waals surface area (Å²) < 4.78 is 24.5. The first-order valence-electron chi connectivity index (χ1n) is 9.94. The Bertz CT molecular complexity index is 783. The van der Waals surface area contributed by atoms with E-state index in [0.29, 0.717) is 0 Å². The average molecular weight is 402 g/mol. The smallest absolute Gasteiger partial charge is 0.362 e. The van der Waals surface area contributed by atoms with Gasteiger partial charge in [-0.25, -0.2) is 0 Å². The van der Waals surface area contributed by atoms with E-state index in [4.69, 9.17) is 9.05 Å². The van der Waals surface area contributed by atoms with E-state index in [9.17, 15) is 9.67 Å². The van der Waals surface area contributed by atoms with Crippen LogP contribution in [0.25, 0.3) is 0 Å². The number of aliphatic hydroxyl groups is 1. The van der Waals surface area contributed by atoms with Crippen LogP contribution < -0.4 is 5.32 Å². The molecule has 150 valence electrons. The lowest BCUT2D eigenvalue weighted by Gasteiger charge is -2.55. The maximum Gasteiger partial charge on any atom is 0.362 e. The van der Waals surface area contributed by atoms with Gasteiger partial charge in [0.25, 0.3) is 0 Å². The molecular formula is C22H29NO4P+. The van der Waals surface area contributed by atoms with E-state index in [0.717, 1.165) is 30.4 Å². The zero-order chi connectivity index (χ0) is 19.8. The van der Waals surface area contributed by atoms with E-state index in [2.05, 4.69) is 29.6 Å². The van der Waals surface area contributed by atoms with Crippen LogP contribution in [0.1, 0.15) is 42.5 Å². The van der Waals surface area contributed by atoms with Crippen molar-refractivity contribution >= 4 is 7.60 Å². The highest BCUT2D eigenvalue weighted by Crippen LogP contribution is 2.70. The van der Waals surface area contributed by atoms with Crippen LogP contribution in [0.5, 0.6) is 0 Å². The molecular weight excluding hydrogens is 373 g/mol. The largest absolute Gasteiger partial charge is 0.376 e. The number of fused-ring (bicyclic) bond motifs is 2. The van der Waals surface area contributed by atoms with Gasteiger partial charge < -0.3 is 19.5 Å². The van der Waals surface area contributed by atoms with Crippen LogP contribution in [-0.4, -0.2) is 24.7 Å². The van der Waals surface area contributed by atoms with Crippen molar-refractivity contribution in [2.75, 3.05) is 14.2 Å². The molecule has 2 aromatic carbocycles. The van der Waals surface area contributed by atoms with Crippen molar-refractivity contribution < 1.29 is 24.0 Å².